The van der Waals surface area contributed by atoms with Gasteiger partial charge in [0.25, 0.3) is 0 Å². The number of rotatable bonds is 5. The molecule has 4 rings (SSSR count). The molecule has 7 heteroatoms. The van der Waals surface area contributed by atoms with Crippen molar-refractivity contribution in [1.29, 1.82) is 0 Å². The average molecular weight is 523 g/mol. The summed E-state index contributed by atoms with van der Waals surface area (Å²) in [5.41, 5.74) is 1.98. The van der Waals surface area contributed by atoms with Crippen LogP contribution in [0.5, 0.6) is 5.75 Å². The van der Waals surface area contributed by atoms with Gasteiger partial charge in [-0.1, -0.05) is 31.0 Å². The van der Waals surface area contributed by atoms with Crippen molar-refractivity contribution in [3.05, 3.63) is 47.8 Å². The molecule has 2 N–H and O–H groups in total. The minimum Gasteiger partial charge on any atom is -0.487 e. The molecule has 0 radical (unpaired) electrons. The van der Waals surface area contributed by atoms with E-state index in [-0.39, 0.29) is 35.6 Å². The van der Waals surface area contributed by atoms with Gasteiger partial charge >= 0.3 is 0 Å². The van der Waals surface area contributed by atoms with Crippen LogP contribution >= 0.6 is 24.0 Å². The molecule has 1 aliphatic carbocycles. The van der Waals surface area contributed by atoms with Crippen molar-refractivity contribution in [3.63, 3.8) is 0 Å². The van der Waals surface area contributed by atoms with E-state index in [1.54, 1.807) is 0 Å². The van der Waals surface area contributed by atoms with Crippen LogP contribution in [0.4, 0.5) is 0 Å². The summed E-state index contributed by atoms with van der Waals surface area (Å²) in [7, 11) is 0. The highest BCUT2D eigenvalue weighted by molar-refractivity contribution is 14.0. The first-order chi connectivity index (χ1) is 14.0. The Morgan fingerprint density at radius 2 is 2.00 bits per heavy atom. The third kappa shape index (κ3) is 5.47. The fraction of sp³-hybridized carbons (Fsp3) is 0.565. The number of aromatic nitrogens is 2. The van der Waals surface area contributed by atoms with Crippen LogP contribution in [0.15, 0.2) is 41.5 Å². The van der Waals surface area contributed by atoms with Crippen LogP contribution in [0, 0.1) is 0 Å². The number of hydrogen-bond donors (Lipinski definition) is 2. The molecule has 1 unspecified atom stereocenters. The Kier molecular flexibility index (Phi) is 7.65. The number of hydrogen-bond acceptors (Lipinski definition) is 3. The molecule has 164 valence electrons. The summed E-state index contributed by atoms with van der Waals surface area (Å²) in [6.45, 7) is 7.75. The van der Waals surface area contributed by atoms with Gasteiger partial charge in [0.1, 0.15) is 11.4 Å². The predicted octanol–water partition coefficient (Wildman–Crippen LogP) is 4.97. The minimum atomic E-state index is -0.219. The van der Waals surface area contributed by atoms with Crippen molar-refractivity contribution in [2.75, 3.05) is 6.54 Å². The van der Waals surface area contributed by atoms with Crippen LogP contribution in [0.3, 0.4) is 0 Å². The van der Waals surface area contributed by atoms with Gasteiger partial charge in [-0.3, -0.25) is 4.68 Å². The second-order valence-electron chi connectivity index (χ2n) is 8.72. The SMILES string of the molecule is CCNC(=NCc1ccn(C2CCCC2)n1)NC1CC(C)(C)Oc2ccccc21.I. The molecule has 2 heterocycles. The van der Waals surface area contributed by atoms with Crippen molar-refractivity contribution in [1.82, 2.24) is 20.4 Å². The highest BCUT2D eigenvalue weighted by Gasteiger charge is 2.34. The van der Waals surface area contributed by atoms with Gasteiger partial charge in [0, 0.05) is 24.7 Å². The molecule has 1 saturated carbocycles. The van der Waals surface area contributed by atoms with Gasteiger partial charge < -0.3 is 15.4 Å². The standard InChI is InChI=1S/C23H33N5O.HI/c1-4-24-22(25-16-17-13-14-28(27-17)18-9-5-6-10-18)26-20-15-23(2,3)29-21-12-8-7-11-19(20)21;/h7-8,11-14,18,20H,4-6,9-10,15-16H2,1-3H3,(H2,24,25,26);1H. The summed E-state index contributed by atoms with van der Waals surface area (Å²) < 4.78 is 8.29. The average Bonchev–Trinajstić information content (AvgIpc) is 3.37. The number of benzene rings is 1. The van der Waals surface area contributed by atoms with Crippen LogP contribution in [0.25, 0.3) is 0 Å². The van der Waals surface area contributed by atoms with Crippen LogP contribution in [-0.2, 0) is 6.54 Å². The molecule has 2 aromatic rings. The zero-order valence-corrected chi connectivity index (χ0v) is 20.6. The number of nitrogens with zero attached hydrogens (tertiary/aromatic N) is 3. The molecule has 0 bridgehead atoms. The van der Waals surface area contributed by atoms with E-state index in [0.717, 1.165) is 30.4 Å². The molecule has 1 aliphatic heterocycles. The lowest BCUT2D eigenvalue weighted by atomic mass is 9.90. The van der Waals surface area contributed by atoms with Crippen LogP contribution in [0.2, 0.25) is 0 Å². The summed E-state index contributed by atoms with van der Waals surface area (Å²) >= 11 is 0. The lowest BCUT2D eigenvalue weighted by Gasteiger charge is -2.38. The quantitative estimate of drug-likeness (QED) is 0.330. The molecule has 0 spiro atoms. The number of fused-ring (bicyclic) bond motifs is 1. The first kappa shape index (κ1) is 22.9. The number of nitrogens with one attached hydrogen (secondary N) is 2. The van der Waals surface area contributed by atoms with Crippen molar-refractivity contribution < 1.29 is 4.74 Å². The molecule has 0 amide bonds. The molecule has 6 nitrogen and oxygen atoms in total. The molecule has 30 heavy (non-hydrogen) atoms. The Morgan fingerprint density at radius 3 is 2.77 bits per heavy atom. The van der Waals surface area contributed by atoms with E-state index < -0.39 is 0 Å². The maximum absolute atomic E-state index is 6.16. The maximum atomic E-state index is 6.16. The first-order valence-electron chi connectivity index (χ1n) is 10.9. The Bertz CT molecular complexity index is 857. The zero-order chi connectivity index (χ0) is 20.3. The van der Waals surface area contributed by atoms with E-state index in [4.69, 9.17) is 14.8 Å². The van der Waals surface area contributed by atoms with E-state index >= 15 is 0 Å². The molecule has 1 fully saturated rings. The summed E-state index contributed by atoms with van der Waals surface area (Å²) in [5, 5.41) is 11.8. The lowest BCUT2D eigenvalue weighted by molar-refractivity contribution is 0.0694. The van der Waals surface area contributed by atoms with Crippen LogP contribution in [-0.4, -0.2) is 27.9 Å². The van der Waals surface area contributed by atoms with Crippen LogP contribution in [0.1, 0.15) is 76.2 Å². The second-order valence-corrected chi connectivity index (χ2v) is 8.72. The molecular weight excluding hydrogens is 489 g/mol. The Balaban J connectivity index is 0.00000256. The van der Waals surface area contributed by atoms with Crippen LogP contribution < -0.4 is 15.4 Å². The van der Waals surface area contributed by atoms with Gasteiger partial charge in [-0.15, -0.1) is 24.0 Å². The minimum absolute atomic E-state index is 0. The second kappa shape index (κ2) is 10.0. The number of aliphatic imine (C=N–C) groups is 1. The molecular formula is C23H34IN5O. The van der Waals surface area contributed by atoms with E-state index in [2.05, 4.69) is 60.5 Å². The highest BCUT2D eigenvalue weighted by atomic mass is 127. The topological polar surface area (TPSA) is 63.5 Å². The van der Waals surface area contributed by atoms with E-state index in [1.807, 2.05) is 12.1 Å². The summed E-state index contributed by atoms with van der Waals surface area (Å²) in [5.74, 6) is 1.77. The highest BCUT2D eigenvalue weighted by Crippen LogP contribution is 2.39. The first-order valence-corrected chi connectivity index (χ1v) is 10.9. The van der Waals surface area contributed by atoms with Gasteiger partial charge in [0.2, 0.25) is 0 Å². The summed E-state index contributed by atoms with van der Waals surface area (Å²) in [6.07, 6.45) is 8.11. The summed E-state index contributed by atoms with van der Waals surface area (Å²) in [6, 6.07) is 11.1. The summed E-state index contributed by atoms with van der Waals surface area (Å²) in [4.78, 5) is 4.82. The third-order valence-corrected chi connectivity index (χ3v) is 5.79. The van der Waals surface area contributed by atoms with Gasteiger partial charge in [-0.2, -0.15) is 5.10 Å². The smallest absolute Gasteiger partial charge is 0.192 e. The van der Waals surface area contributed by atoms with Crippen molar-refractivity contribution in [2.24, 2.45) is 4.99 Å². The molecule has 2 aliphatic rings. The fourth-order valence-electron chi connectivity index (χ4n) is 4.41. The van der Waals surface area contributed by atoms with Gasteiger partial charge in [-0.25, -0.2) is 4.99 Å². The Hall–Kier alpha value is -1.77. The molecule has 1 aromatic carbocycles. The number of para-hydroxylation sites is 1. The third-order valence-electron chi connectivity index (χ3n) is 5.79. The normalized spacial score (nSPS) is 20.8. The van der Waals surface area contributed by atoms with E-state index in [1.165, 1.54) is 31.2 Å². The predicted molar refractivity (Wildman–Crippen MR) is 132 cm³/mol. The monoisotopic (exact) mass is 523 g/mol. The number of guanidine groups is 1. The van der Waals surface area contributed by atoms with E-state index in [9.17, 15) is 0 Å². The zero-order valence-electron chi connectivity index (χ0n) is 18.2. The molecule has 0 saturated heterocycles. The maximum Gasteiger partial charge on any atom is 0.192 e. The van der Waals surface area contributed by atoms with Crippen molar-refractivity contribution in [2.45, 2.75) is 77.1 Å². The van der Waals surface area contributed by atoms with Gasteiger partial charge in [0.05, 0.1) is 24.3 Å². The molecule has 1 aromatic heterocycles. The van der Waals surface area contributed by atoms with Crippen molar-refractivity contribution >= 4 is 29.9 Å². The van der Waals surface area contributed by atoms with Gasteiger partial charge in [0.15, 0.2) is 5.96 Å². The lowest BCUT2D eigenvalue weighted by Crippen LogP contribution is -2.45. The number of ether oxygens (including phenoxy) is 1. The Morgan fingerprint density at radius 1 is 1.23 bits per heavy atom. The van der Waals surface area contributed by atoms with Gasteiger partial charge in [-0.05, 0) is 45.7 Å². The number of halogens is 1. The van der Waals surface area contributed by atoms with Crippen molar-refractivity contribution in [3.8, 4) is 5.75 Å². The largest absolute Gasteiger partial charge is 0.487 e. The van der Waals surface area contributed by atoms with E-state index in [0.29, 0.717) is 12.6 Å². The fourth-order valence-corrected chi connectivity index (χ4v) is 4.41. The molecule has 1 atom stereocenters. The Labute approximate surface area is 196 Å².